The van der Waals surface area contributed by atoms with Crippen LogP contribution in [-0.4, -0.2) is 56.2 Å². The molecule has 1 aliphatic rings. The van der Waals surface area contributed by atoms with Gasteiger partial charge < -0.3 is 15.0 Å². The third-order valence-corrected chi connectivity index (χ3v) is 10.5. The van der Waals surface area contributed by atoms with Crippen molar-refractivity contribution in [2.24, 2.45) is 0 Å². The van der Waals surface area contributed by atoms with Crippen LogP contribution in [0.15, 0.2) is 53.7 Å². The number of sulfone groups is 1. The number of pyridine rings is 1. The number of halogens is 3. The van der Waals surface area contributed by atoms with Gasteiger partial charge in [-0.3, -0.25) is 4.79 Å². The SMILES string of the molecule is CCOc1ccc(-c2ccnc(S(C)(=O)=O)c2)cc1CN(C(=O)c1sc2c(F)ccc(F)c2c1Cl)C1CCC(NC)CC1. The second-order valence-electron chi connectivity index (χ2n) is 10.6. The monoisotopic (exact) mass is 647 g/mol. The molecule has 0 unspecified atom stereocenters. The van der Waals surface area contributed by atoms with E-state index in [1.165, 1.54) is 12.3 Å². The number of ether oxygens (including phenoxy) is 1. The van der Waals surface area contributed by atoms with Gasteiger partial charge in [0.25, 0.3) is 5.91 Å². The molecule has 1 N–H and O–H groups in total. The molecule has 2 aromatic carbocycles. The Morgan fingerprint density at radius 3 is 2.44 bits per heavy atom. The molecule has 5 rings (SSSR count). The van der Waals surface area contributed by atoms with Crippen LogP contribution in [0, 0.1) is 11.6 Å². The highest BCUT2D eigenvalue weighted by molar-refractivity contribution is 7.90. The second-order valence-corrected chi connectivity index (χ2v) is 14.0. The van der Waals surface area contributed by atoms with Crippen LogP contribution in [0.5, 0.6) is 5.75 Å². The fraction of sp³-hybridized carbons (Fsp3) is 0.355. The molecule has 1 fully saturated rings. The third kappa shape index (κ3) is 6.55. The minimum absolute atomic E-state index is 0.00330. The quantitative estimate of drug-likeness (QED) is 0.213. The third-order valence-electron chi connectivity index (χ3n) is 7.83. The maximum Gasteiger partial charge on any atom is 0.266 e. The fourth-order valence-corrected chi connectivity index (χ4v) is 7.66. The summed E-state index contributed by atoms with van der Waals surface area (Å²) in [5.74, 6) is -1.16. The summed E-state index contributed by atoms with van der Waals surface area (Å²) in [6.45, 7) is 2.40. The van der Waals surface area contributed by atoms with Gasteiger partial charge in [0.1, 0.15) is 22.3 Å². The topological polar surface area (TPSA) is 88.6 Å². The molecule has 7 nitrogen and oxygen atoms in total. The number of carbonyl (C=O) groups is 1. The summed E-state index contributed by atoms with van der Waals surface area (Å²) >= 11 is 7.42. The van der Waals surface area contributed by atoms with Crippen molar-refractivity contribution < 1.29 is 26.7 Å². The number of hydrogen-bond acceptors (Lipinski definition) is 7. The first-order chi connectivity index (χ1) is 20.5. The maximum atomic E-state index is 14.7. The Balaban J connectivity index is 1.58. The first-order valence-electron chi connectivity index (χ1n) is 14.0. The number of hydrogen-bond donors (Lipinski definition) is 1. The molecule has 1 saturated carbocycles. The molecule has 4 aromatic rings. The number of nitrogens with one attached hydrogen (secondary N) is 1. The van der Waals surface area contributed by atoms with Gasteiger partial charge in [0.2, 0.25) is 0 Å². The van der Waals surface area contributed by atoms with E-state index in [-0.39, 0.29) is 37.6 Å². The number of fused-ring (bicyclic) bond motifs is 1. The van der Waals surface area contributed by atoms with E-state index >= 15 is 0 Å². The van der Waals surface area contributed by atoms with Gasteiger partial charge in [-0.25, -0.2) is 22.2 Å². The van der Waals surface area contributed by atoms with E-state index in [2.05, 4.69) is 10.3 Å². The van der Waals surface area contributed by atoms with Crippen molar-refractivity contribution in [1.29, 1.82) is 0 Å². The number of thiophene rings is 1. The van der Waals surface area contributed by atoms with Crippen molar-refractivity contribution in [3.63, 3.8) is 0 Å². The molecule has 0 radical (unpaired) electrons. The highest BCUT2D eigenvalue weighted by atomic mass is 35.5. The van der Waals surface area contributed by atoms with Gasteiger partial charge in [-0.15, -0.1) is 11.3 Å². The minimum Gasteiger partial charge on any atom is -0.494 e. The number of nitrogens with zero attached hydrogens (tertiary/aromatic N) is 2. The Hall–Kier alpha value is -3.12. The molecule has 228 valence electrons. The van der Waals surface area contributed by atoms with E-state index in [1.807, 2.05) is 26.1 Å². The van der Waals surface area contributed by atoms with Gasteiger partial charge in [-0.2, -0.15) is 0 Å². The van der Waals surface area contributed by atoms with Crippen molar-refractivity contribution in [2.75, 3.05) is 19.9 Å². The smallest absolute Gasteiger partial charge is 0.266 e. The van der Waals surface area contributed by atoms with Crippen LogP contribution in [0.4, 0.5) is 8.78 Å². The lowest BCUT2D eigenvalue weighted by atomic mass is 9.89. The molecule has 0 aliphatic heterocycles. The minimum atomic E-state index is -3.52. The molecule has 0 atom stereocenters. The molecule has 1 amide bonds. The van der Waals surface area contributed by atoms with Gasteiger partial charge in [0.05, 0.1) is 21.7 Å². The summed E-state index contributed by atoms with van der Waals surface area (Å²) < 4.78 is 59.6. The first-order valence-corrected chi connectivity index (χ1v) is 17.1. The Kier molecular flexibility index (Phi) is 9.36. The predicted molar refractivity (Wildman–Crippen MR) is 166 cm³/mol. The van der Waals surface area contributed by atoms with Crippen molar-refractivity contribution in [3.8, 4) is 16.9 Å². The van der Waals surface area contributed by atoms with E-state index in [9.17, 15) is 22.0 Å². The highest BCUT2D eigenvalue weighted by Gasteiger charge is 2.33. The molecular formula is C31H32ClF2N3O4S2. The number of benzene rings is 2. The van der Waals surface area contributed by atoms with Crippen molar-refractivity contribution in [1.82, 2.24) is 15.2 Å². The molecule has 1 aliphatic carbocycles. The molecule has 12 heteroatoms. The Morgan fingerprint density at radius 2 is 1.79 bits per heavy atom. The standard InChI is InChI=1S/C31H32ClF2N3O4S2/c1-4-41-25-12-5-18(19-13-14-36-26(16-19)43(3,39)40)15-20(25)17-37(22-8-6-21(35-2)7-9-22)31(38)30-28(32)27-23(33)10-11-24(34)29(27)42-30/h5,10-16,21-22,35H,4,6-9,17H2,1-3H3. The van der Waals surface area contributed by atoms with Gasteiger partial charge in [-0.05, 0) is 87.2 Å². The second kappa shape index (κ2) is 12.9. The van der Waals surface area contributed by atoms with Crippen LogP contribution in [0.2, 0.25) is 5.02 Å². The largest absolute Gasteiger partial charge is 0.494 e. The highest BCUT2D eigenvalue weighted by Crippen LogP contribution is 2.40. The van der Waals surface area contributed by atoms with E-state index in [1.54, 1.807) is 17.0 Å². The zero-order chi connectivity index (χ0) is 30.9. The molecule has 43 heavy (non-hydrogen) atoms. The van der Waals surface area contributed by atoms with Crippen LogP contribution >= 0.6 is 22.9 Å². The van der Waals surface area contributed by atoms with Crippen LogP contribution < -0.4 is 10.1 Å². The summed E-state index contributed by atoms with van der Waals surface area (Å²) in [6, 6.07) is 11.0. The zero-order valence-corrected chi connectivity index (χ0v) is 26.4. The van der Waals surface area contributed by atoms with E-state index < -0.39 is 27.4 Å². The van der Waals surface area contributed by atoms with Crippen LogP contribution in [0.3, 0.4) is 0 Å². The van der Waals surface area contributed by atoms with Gasteiger partial charge >= 0.3 is 0 Å². The Morgan fingerprint density at radius 1 is 1.09 bits per heavy atom. The van der Waals surface area contributed by atoms with Crippen molar-refractivity contribution in [3.05, 3.63) is 75.8 Å². The van der Waals surface area contributed by atoms with Crippen LogP contribution in [0.25, 0.3) is 21.2 Å². The number of rotatable bonds is 9. The molecule has 0 bridgehead atoms. The Labute approximate surface area is 258 Å². The average molecular weight is 648 g/mol. The summed E-state index contributed by atoms with van der Waals surface area (Å²) in [6.07, 6.45) is 5.73. The number of amides is 1. The van der Waals surface area contributed by atoms with Gasteiger partial charge in [0, 0.05) is 36.6 Å². The lowest BCUT2D eigenvalue weighted by molar-refractivity contribution is 0.0604. The first kappa shape index (κ1) is 31.3. The van der Waals surface area contributed by atoms with Crippen LogP contribution in [0.1, 0.15) is 47.8 Å². The van der Waals surface area contributed by atoms with Gasteiger partial charge in [0.15, 0.2) is 14.9 Å². The fourth-order valence-electron chi connectivity index (χ4n) is 5.56. The van der Waals surface area contributed by atoms with E-state index in [4.69, 9.17) is 16.3 Å². The average Bonchev–Trinajstić information content (AvgIpc) is 3.36. The summed E-state index contributed by atoms with van der Waals surface area (Å²) in [5, 5.41) is 3.07. The van der Waals surface area contributed by atoms with E-state index in [0.29, 0.717) is 29.5 Å². The zero-order valence-electron chi connectivity index (χ0n) is 24.0. The van der Waals surface area contributed by atoms with Crippen LogP contribution in [-0.2, 0) is 16.4 Å². The number of carbonyl (C=O) groups excluding carboxylic acids is 1. The summed E-state index contributed by atoms with van der Waals surface area (Å²) in [5.41, 5.74) is 2.07. The molecule has 0 saturated heterocycles. The van der Waals surface area contributed by atoms with Crippen molar-refractivity contribution >= 4 is 48.8 Å². The van der Waals surface area contributed by atoms with Gasteiger partial charge in [-0.1, -0.05) is 17.7 Å². The predicted octanol–water partition coefficient (Wildman–Crippen LogP) is 6.87. The molecule has 2 heterocycles. The maximum absolute atomic E-state index is 14.7. The molecular weight excluding hydrogens is 616 g/mol. The summed E-state index contributed by atoms with van der Waals surface area (Å²) in [4.78, 5) is 20.1. The van der Waals surface area contributed by atoms with E-state index in [0.717, 1.165) is 61.0 Å². The lowest BCUT2D eigenvalue weighted by Crippen LogP contribution is -2.44. The number of aromatic nitrogens is 1. The molecule has 0 spiro atoms. The molecule has 2 aromatic heterocycles. The summed E-state index contributed by atoms with van der Waals surface area (Å²) in [7, 11) is -1.60. The lowest BCUT2D eigenvalue weighted by Gasteiger charge is -2.37. The van der Waals surface area contributed by atoms with Crippen molar-refractivity contribution in [2.45, 2.75) is 56.3 Å². The normalized spacial score (nSPS) is 17.3. The Bertz CT molecular complexity index is 1770.